The van der Waals surface area contributed by atoms with Gasteiger partial charge in [0, 0.05) is 22.8 Å². The number of rotatable bonds is 4. The van der Waals surface area contributed by atoms with Crippen LogP contribution in [0.2, 0.25) is 5.02 Å². The summed E-state index contributed by atoms with van der Waals surface area (Å²) in [6, 6.07) is 19.2. The summed E-state index contributed by atoms with van der Waals surface area (Å²) in [5.74, 6) is -1.44. The molecule has 38 heavy (non-hydrogen) atoms. The summed E-state index contributed by atoms with van der Waals surface area (Å²) < 4.78 is 6.32. The molecule has 11 heteroatoms. The molecule has 0 spiro atoms. The Bertz CT molecular complexity index is 1290. The first-order valence-corrected chi connectivity index (χ1v) is 11.6. The second-order valence-corrected chi connectivity index (χ2v) is 10.0. The fourth-order valence-corrected chi connectivity index (χ4v) is 4.40. The van der Waals surface area contributed by atoms with E-state index in [1.54, 1.807) is 11.0 Å². The van der Waals surface area contributed by atoms with Crippen LogP contribution in [-0.4, -0.2) is 35.8 Å². The van der Waals surface area contributed by atoms with Gasteiger partial charge in [-0.2, -0.15) is 0 Å². The van der Waals surface area contributed by atoms with Gasteiger partial charge in [-0.15, -0.1) is 0 Å². The smallest absolute Gasteiger partial charge is 0.652 e. The van der Waals surface area contributed by atoms with Crippen molar-refractivity contribution < 1.29 is 137 Å². The largest absolute Gasteiger partial charge is 1.00 e. The first-order chi connectivity index (χ1) is 16.9. The van der Waals surface area contributed by atoms with Crippen LogP contribution in [0.15, 0.2) is 60.7 Å². The number of ether oxygens (including phenoxy) is 1. The van der Waals surface area contributed by atoms with Crippen molar-refractivity contribution in [2.24, 2.45) is 5.41 Å². The van der Waals surface area contributed by atoms with Crippen LogP contribution in [0.4, 0.5) is 10.5 Å². The van der Waals surface area contributed by atoms with Crippen molar-refractivity contribution in [3.8, 4) is 0 Å². The third-order valence-corrected chi connectivity index (χ3v) is 5.74. The normalized spacial score (nSPS) is 16.6. The van der Waals surface area contributed by atoms with Crippen molar-refractivity contribution >= 4 is 46.1 Å². The summed E-state index contributed by atoms with van der Waals surface area (Å²) in [6.07, 6.45) is -4.51. The fourth-order valence-electron chi connectivity index (χ4n) is 4.22. The van der Waals surface area contributed by atoms with Gasteiger partial charge in [-0.25, -0.2) is 0 Å². The quantitative estimate of drug-likeness (QED) is 0.330. The van der Waals surface area contributed by atoms with Crippen LogP contribution in [0.5, 0.6) is 0 Å². The number of amides is 1. The van der Waals surface area contributed by atoms with E-state index in [-0.39, 0.29) is 114 Å². The number of hydrogen-bond donors (Lipinski definition) is 1. The van der Waals surface area contributed by atoms with Gasteiger partial charge in [0.1, 0.15) is 12.2 Å². The Morgan fingerprint density at radius 2 is 1.61 bits per heavy atom. The van der Waals surface area contributed by atoms with Gasteiger partial charge in [-0.3, -0.25) is 9.59 Å². The van der Waals surface area contributed by atoms with E-state index in [9.17, 15) is 14.7 Å². The van der Waals surface area contributed by atoms with Gasteiger partial charge >= 0.3 is 109 Å². The van der Waals surface area contributed by atoms with Crippen molar-refractivity contribution in [2.45, 2.75) is 39.4 Å². The molecule has 0 unspecified atom stereocenters. The Hall–Kier alpha value is -0.347. The molecule has 1 amide bonds. The van der Waals surface area contributed by atoms with Crippen molar-refractivity contribution in [1.29, 1.82) is 0 Å². The average Bonchev–Trinajstić information content (AvgIpc) is 2.87. The van der Waals surface area contributed by atoms with Crippen LogP contribution < -0.4 is 118 Å². The first-order valence-electron chi connectivity index (χ1n) is 11.2. The number of nitrogens with zero attached hydrogens (tertiary/aromatic N) is 1. The molecular formula is C27H26ClK2NO7. The summed E-state index contributed by atoms with van der Waals surface area (Å²) in [4.78, 5) is 35.2. The minimum atomic E-state index is -2.33. The number of carboxylic acids is 1. The molecule has 0 bridgehead atoms. The zero-order valence-electron chi connectivity index (χ0n) is 22.1. The van der Waals surface area contributed by atoms with Gasteiger partial charge in [0.2, 0.25) is 0 Å². The minimum Gasteiger partial charge on any atom is -0.652 e. The second kappa shape index (κ2) is 15.6. The predicted molar refractivity (Wildman–Crippen MR) is 132 cm³/mol. The van der Waals surface area contributed by atoms with E-state index in [1.165, 1.54) is 0 Å². The van der Waals surface area contributed by atoms with Gasteiger partial charge in [0.25, 0.3) is 5.91 Å². The molecule has 0 saturated carbocycles. The van der Waals surface area contributed by atoms with E-state index < -0.39 is 30.8 Å². The van der Waals surface area contributed by atoms with Gasteiger partial charge in [0.15, 0.2) is 0 Å². The van der Waals surface area contributed by atoms with Crippen molar-refractivity contribution in [3.05, 3.63) is 76.8 Å². The zero-order chi connectivity index (χ0) is 26.6. The van der Waals surface area contributed by atoms with Gasteiger partial charge in [0.05, 0.1) is 6.42 Å². The van der Waals surface area contributed by atoms with E-state index in [1.807, 2.05) is 75.4 Å². The third kappa shape index (κ3) is 9.64. The molecule has 190 valence electrons. The molecule has 1 heterocycles. The van der Waals surface area contributed by atoms with Crippen LogP contribution >= 0.6 is 11.6 Å². The zero-order valence-corrected chi connectivity index (χ0v) is 29.1. The molecular weight excluding hydrogens is 564 g/mol. The summed E-state index contributed by atoms with van der Waals surface area (Å²) in [5, 5.41) is 28.7. The molecule has 0 fully saturated rings. The molecule has 3 aromatic rings. The predicted octanol–water partition coefficient (Wildman–Crippen LogP) is -2.60. The number of halogens is 1. The molecule has 1 aliphatic rings. The number of fused-ring (bicyclic) bond motifs is 2. The molecule has 0 radical (unpaired) electrons. The third-order valence-electron chi connectivity index (χ3n) is 5.50. The number of anilines is 1. The van der Waals surface area contributed by atoms with E-state index in [4.69, 9.17) is 31.3 Å². The maximum Gasteiger partial charge on any atom is 1.00 e. The summed E-state index contributed by atoms with van der Waals surface area (Å²) in [7, 11) is 0. The van der Waals surface area contributed by atoms with Gasteiger partial charge < -0.3 is 29.8 Å². The first kappa shape index (κ1) is 35.7. The van der Waals surface area contributed by atoms with Crippen LogP contribution in [0.1, 0.15) is 44.4 Å². The van der Waals surface area contributed by atoms with Crippen molar-refractivity contribution in [3.63, 3.8) is 0 Å². The Kier molecular flexibility index (Phi) is 14.6. The molecule has 4 rings (SSSR count). The number of benzene rings is 3. The Morgan fingerprint density at radius 1 is 1.00 bits per heavy atom. The minimum absolute atomic E-state index is 0. The fraction of sp³-hybridized carbons (Fsp3) is 0.296. The molecule has 2 atom stereocenters. The summed E-state index contributed by atoms with van der Waals surface area (Å²) >= 11 is 6.39. The van der Waals surface area contributed by atoms with E-state index in [0.717, 1.165) is 21.9 Å². The molecule has 1 aliphatic heterocycles. The molecule has 3 aromatic carbocycles. The Morgan fingerprint density at radius 3 is 2.21 bits per heavy atom. The number of carboxylic acid groups (broad SMARTS) is 3. The van der Waals surface area contributed by atoms with E-state index in [0.29, 0.717) is 17.3 Å². The SMILES string of the molecule is CC(C)(C)CN1C(=O)[C@@H](CC(=O)O)O[C@H](c2cccc3ccccc23)c2cc(Cl)ccc21.O=C([O-])[O-].[K+].[K+]. The molecule has 1 N–H and O–H groups in total. The van der Waals surface area contributed by atoms with E-state index >= 15 is 0 Å². The molecule has 0 aromatic heterocycles. The Labute approximate surface area is 311 Å². The maximum absolute atomic E-state index is 13.6. The summed E-state index contributed by atoms with van der Waals surface area (Å²) in [6.45, 7) is 6.53. The van der Waals surface area contributed by atoms with Crippen LogP contribution in [0.3, 0.4) is 0 Å². The van der Waals surface area contributed by atoms with Gasteiger partial charge in [-0.1, -0.05) is 74.8 Å². The van der Waals surface area contributed by atoms with Crippen molar-refractivity contribution in [2.75, 3.05) is 11.4 Å². The number of carbonyl (C=O) groups excluding carboxylic acids is 2. The molecule has 8 nitrogen and oxygen atoms in total. The van der Waals surface area contributed by atoms with Crippen LogP contribution in [-0.2, 0) is 14.3 Å². The second-order valence-electron chi connectivity index (χ2n) is 9.61. The number of carbonyl (C=O) groups is 3. The van der Waals surface area contributed by atoms with E-state index in [2.05, 4.69) is 0 Å². The number of aliphatic carboxylic acids is 1. The van der Waals surface area contributed by atoms with Crippen LogP contribution in [0.25, 0.3) is 10.8 Å². The maximum atomic E-state index is 13.6. The topological polar surface area (TPSA) is 130 Å². The van der Waals surface area contributed by atoms with Crippen LogP contribution in [0, 0.1) is 5.41 Å². The molecule has 0 aliphatic carbocycles. The van der Waals surface area contributed by atoms with Gasteiger partial charge in [-0.05, 0) is 46.1 Å². The monoisotopic (exact) mass is 589 g/mol. The van der Waals surface area contributed by atoms with Crippen molar-refractivity contribution in [1.82, 2.24) is 0 Å². The Balaban J connectivity index is 0.00000113. The standard InChI is InChI=1S/C26H26ClNO4.CH2O3.2K/c1-26(2,3)15-28-21-12-11-17(27)13-20(21)24(32-22(25(28)31)14-23(29)30)19-10-6-8-16-7-4-5-9-18(16)19;2-1(3)4;;/h4-13,22,24H,14-15H2,1-3H3,(H,29,30);(H2,2,3,4);;/q;;2*+1/p-2/t22-,24-;;;/m1.../s1. The summed E-state index contributed by atoms with van der Waals surface area (Å²) in [5.41, 5.74) is 2.10. The number of hydrogen-bond acceptors (Lipinski definition) is 6. The average molecular weight is 590 g/mol. The molecule has 0 saturated heterocycles.